The van der Waals surface area contributed by atoms with Gasteiger partial charge < -0.3 is 9.84 Å². The van der Waals surface area contributed by atoms with E-state index >= 15 is 0 Å². The highest BCUT2D eigenvalue weighted by Crippen LogP contribution is 2.22. The van der Waals surface area contributed by atoms with Crippen LogP contribution in [0.5, 0.6) is 5.75 Å². The number of phenolic OH excluding ortho intramolecular Hbond substituents is 1. The molecule has 0 amide bonds. The van der Waals surface area contributed by atoms with E-state index in [2.05, 4.69) is 0 Å². The maximum atomic E-state index is 9.35. The zero-order valence-corrected chi connectivity index (χ0v) is 7.64. The molecule has 0 unspecified atom stereocenters. The topological polar surface area (TPSA) is 29.5 Å². The van der Waals surface area contributed by atoms with Crippen molar-refractivity contribution in [2.75, 3.05) is 6.61 Å². The number of ether oxygens (including phenoxy) is 1. The number of phenols is 1. The summed E-state index contributed by atoms with van der Waals surface area (Å²) in [7, 11) is 0. The summed E-state index contributed by atoms with van der Waals surface area (Å²) in [6.45, 7) is 2.98. The Hall–Kier alpha value is -0.730. The fraction of sp³-hybridized carbons (Fsp3) is 0.333. The number of benzene rings is 1. The molecular formula is C9H11ClO2. The Morgan fingerprint density at radius 2 is 2.25 bits per heavy atom. The lowest BCUT2D eigenvalue weighted by molar-refractivity contribution is 0.132. The lowest BCUT2D eigenvalue weighted by atomic mass is 10.2. The summed E-state index contributed by atoms with van der Waals surface area (Å²) in [5.41, 5.74) is 0.765. The first-order chi connectivity index (χ1) is 5.74. The monoisotopic (exact) mass is 186 g/mol. The molecule has 3 heteroatoms. The van der Waals surface area contributed by atoms with E-state index in [1.54, 1.807) is 12.1 Å². The Kier molecular flexibility index (Phi) is 3.38. The Morgan fingerprint density at radius 3 is 2.83 bits per heavy atom. The van der Waals surface area contributed by atoms with Gasteiger partial charge in [0.2, 0.25) is 0 Å². The van der Waals surface area contributed by atoms with Gasteiger partial charge in [0.1, 0.15) is 5.75 Å². The predicted molar refractivity (Wildman–Crippen MR) is 48.4 cm³/mol. The Morgan fingerprint density at radius 1 is 1.50 bits per heavy atom. The molecule has 0 aliphatic carbocycles. The fourth-order valence-corrected chi connectivity index (χ4v) is 1.04. The van der Waals surface area contributed by atoms with Gasteiger partial charge >= 0.3 is 0 Å². The molecule has 2 nitrogen and oxygen atoms in total. The first-order valence-corrected chi connectivity index (χ1v) is 4.17. The maximum Gasteiger partial charge on any atom is 0.122 e. The molecule has 0 heterocycles. The van der Waals surface area contributed by atoms with Crippen molar-refractivity contribution < 1.29 is 9.84 Å². The van der Waals surface area contributed by atoms with Crippen LogP contribution in [0.15, 0.2) is 18.2 Å². The van der Waals surface area contributed by atoms with Crippen molar-refractivity contribution in [3.8, 4) is 5.75 Å². The number of halogens is 1. The number of rotatable bonds is 3. The highest BCUT2D eigenvalue weighted by atomic mass is 35.5. The quantitative estimate of drug-likeness (QED) is 0.787. The Balaban J connectivity index is 2.72. The van der Waals surface area contributed by atoms with Gasteiger partial charge in [-0.1, -0.05) is 17.7 Å². The maximum absolute atomic E-state index is 9.35. The van der Waals surface area contributed by atoms with Crippen LogP contribution in [0.4, 0.5) is 0 Å². The molecule has 0 saturated heterocycles. The van der Waals surface area contributed by atoms with Crippen molar-refractivity contribution in [2.45, 2.75) is 13.5 Å². The summed E-state index contributed by atoms with van der Waals surface area (Å²) < 4.78 is 5.14. The third-order valence-corrected chi connectivity index (χ3v) is 1.74. The molecule has 1 aromatic rings. The first-order valence-electron chi connectivity index (χ1n) is 3.79. The van der Waals surface area contributed by atoms with Gasteiger partial charge in [0, 0.05) is 17.2 Å². The average molecular weight is 187 g/mol. The lowest BCUT2D eigenvalue weighted by Gasteiger charge is -2.04. The molecule has 0 saturated carbocycles. The van der Waals surface area contributed by atoms with Crippen LogP contribution in [0.25, 0.3) is 0 Å². The van der Waals surface area contributed by atoms with Crippen LogP contribution in [0, 0.1) is 0 Å². The van der Waals surface area contributed by atoms with E-state index in [1.165, 1.54) is 6.07 Å². The van der Waals surface area contributed by atoms with Crippen molar-refractivity contribution >= 4 is 11.6 Å². The summed E-state index contributed by atoms with van der Waals surface area (Å²) in [5, 5.41) is 9.89. The van der Waals surface area contributed by atoms with Gasteiger partial charge in [0.15, 0.2) is 0 Å². The second-order valence-corrected chi connectivity index (χ2v) is 2.85. The van der Waals surface area contributed by atoms with Crippen molar-refractivity contribution in [1.29, 1.82) is 0 Å². The minimum absolute atomic E-state index is 0.191. The molecule has 0 bridgehead atoms. The molecule has 0 fully saturated rings. The van der Waals surface area contributed by atoms with Gasteiger partial charge in [-0.2, -0.15) is 0 Å². The van der Waals surface area contributed by atoms with Gasteiger partial charge in [0.25, 0.3) is 0 Å². The van der Waals surface area contributed by atoms with E-state index in [4.69, 9.17) is 16.3 Å². The zero-order valence-electron chi connectivity index (χ0n) is 6.88. The molecule has 12 heavy (non-hydrogen) atoms. The van der Waals surface area contributed by atoms with E-state index in [0.717, 1.165) is 5.56 Å². The second-order valence-electron chi connectivity index (χ2n) is 2.41. The summed E-state index contributed by atoms with van der Waals surface area (Å²) in [5.74, 6) is 0.191. The van der Waals surface area contributed by atoms with Gasteiger partial charge in [0.05, 0.1) is 6.61 Å². The largest absolute Gasteiger partial charge is 0.508 e. The van der Waals surface area contributed by atoms with Gasteiger partial charge in [-0.15, -0.1) is 0 Å². The van der Waals surface area contributed by atoms with Gasteiger partial charge in [-0.25, -0.2) is 0 Å². The second kappa shape index (κ2) is 4.33. The molecule has 1 rings (SSSR count). The van der Waals surface area contributed by atoms with Crippen molar-refractivity contribution in [3.63, 3.8) is 0 Å². The number of hydrogen-bond donors (Lipinski definition) is 1. The summed E-state index contributed by atoms with van der Waals surface area (Å²) >= 11 is 5.65. The first kappa shape index (κ1) is 9.36. The van der Waals surface area contributed by atoms with Crippen LogP contribution in [0.3, 0.4) is 0 Å². The van der Waals surface area contributed by atoms with Crippen LogP contribution in [-0.2, 0) is 11.3 Å². The minimum Gasteiger partial charge on any atom is -0.508 e. The summed E-state index contributed by atoms with van der Waals surface area (Å²) in [4.78, 5) is 0. The third-order valence-electron chi connectivity index (χ3n) is 1.51. The predicted octanol–water partition coefficient (Wildman–Crippen LogP) is 2.58. The number of aromatic hydroxyl groups is 1. The van der Waals surface area contributed by atoms with Crippen LogP contribution >= 0.6 is 11.6 Å². The molecule has 0 radical (unpaired) electrons. The van der Waals surface area contributed by atoms with Crippen LogP contribution in [-0.4, -0.2) is 11.7 Å². The van der Waals surface area contributed by atoms with Crippen molar-refractivity contribution in [1.82, 2.24) is 0 Å². The van der Waals surface area contributed by atoms with E-state index in [0.29, 0.717) is 18.2 Å². The lowest BCUT2D eigenvalue weighted by Crippen LogP contribution is -1.91. The van der Waals surface area contributed by atoms with E-state index in [9.17, 15) is 5.11 Å². The molecule has 0 atom stereocenters. The standard InChI is InChI=1S/C9H11ClO2/c1-2-12-6-7-3-4-8(10)5-9(7)11/h3-5,11H,2,6H2,1H3. The van der Waals surface area contributed by atoms with Gasteiger partial charge in [-0.05, 0) is 19.1 Å². The molecule has 0 spiro atoms. The smallest absolute Gasteiger partial charge is 0.122 e. The summed E-state index contributed by atoms with van der Waals surface area (Å²) in [6.07, 6.45) is 0. The molecule has 66 valence electrons. The molecular weight excluding hydrogens is 176 g/mol. The highest BCUT2D eigenvalue weighted by Gasteiger charge is 2.00. The van der Waals surface area contributed by atoms with E-state index in [-0.39, 0.29) is 5.75 Å². The van der Waals surface area contributed by atoms with Crippen molar-refractivity contribution in [3.05, 3.63) is 28.8 Å². The van der Waals surface area contributed by atoms with Gasteiger partial charge in [-0.3, -0.25) is 0 Å². The molecule has 1 aromatic carbocycles. The van der Waals surface area contributed by atoms with Crippen molar-refractivity contribution in [2.24, 2.45) is 0 Å². The SMILES string of the molecule is CCOCc1ccc(Cl)cc1O. The third kappa shape index (κ3) is 2.40. The van der Waals surface area contributed by atoms with Crippen LogP contribution < -0.4 is 0 Å². The van der Waals surface area contributed by atoms with E-state index < -0.39 is 0 Å². The average Bonchev–Trinajstić information content (AvgIpc) is 2.03. The number of hydrogen-bond acceptors (Lipinski definition) is 2. The van der Waals surface area contributed by atoms with E-state index in [1.807, 2.05) is 6.92 Å². The van der Waals surface area contributed by atoms with Crippen LogP contribution in [0.2, 0.25) is 5.02 Å². The Bertz CT molecular complexity index is 261. The molecule has 0 aromatic heterocycles. The summed E-state index contributed by atoms with van der Waals surface area (Å²) in [6, 6.07) is 5.00. The fourth-order valence-electron chi connectivity index (χ4n) is 0.871. The highest BCUT2D eigenvalue weighted by molar-refractivity contribution is 6.30. The van der Waals surface area contributed by atoms with Crippen LogP contribution in [0.1, 0.15) is 12.5 Å². The normalized spacial score (nSPS) is 10.2. The zero-order chi connectivity index (χ0) is 8.97. The molecule has 0 aliphatic rings. The molecule has 0 aliphatic heterocycles. The molecule has 1 N–H and O–H groups in total. The Labute approximate surface area is 76.7 Å². The minimum atomic E-state index is 0.191.